The topological polar surface area (TPSA) is 68.0 Å². The number of rotatable bonds is 3. The van der Waals surface area contributed by atoms with Crippen LogP contribution in [-0.4, -0.2) is 10.9 Å². The van der Waals surface area contributed by atoms with Gasteiger partial charge in [0.05, 0.1) is 5.41 Å². The maximum absolute atomic E-state index is 12.4. The maximum atomic E-state index is 12.4. The Labute approximate surface area is 111 Å². The van der Waals surface area contributed by atoms with Crippen LogP contribution in [0.3, 0.4) is 0 Å². The number of carbonyl (C=O) groups excluding carboxylic acids is 1. The SMILES string of the molecule is Nc1ccc(C2(C(=O)Nc3ccccn3)CC2)cc1. The molecule has 0 radical (unpaired) electrons. The molecule has 19 heavy (non-hydrogen) atoms. The molecule has 1 aliphatic carbocycles. The standard InChI is InChI=1S/C15H15N3O/c16-12-6-4-11(5-7-12)15(8-9-15)14(19)18-13-3-1-2-10-17-13/h1-7,10H,8-9,16H2,(H,17,18,19). The first-order valence-corrected chi connectivity index (χ1v) is 6.29. The molecule has 0 unspecified atom stereocenters. The molecule has 4 nitrogen and oxygen atoms in total. The lowest BCUT2D eigenvalue weighted by Crippen LogP contribution is -2.28. The average Bonchev–Trinajstić information content (AvgIpc) is 3.22. The van der Waals surface area contributed by atoms with Gasteiger partial charge in [-0.05, 0) is 42.7 Å². The molecule has 1 amide bonds. The summed E-state index contributed by atoms with van der Waals surface area (Å²) >= 11 is 0. The zero-order chi connectivity index (χ0) is 13.3. The van der Waals surface area contributed by atoms with Gasteiger partial charge in [0.15, 0.2) is 0 Å². The summed E-state index contributed by atoms with van der Waals surface area (Å²) in [6.07, 6.45) is 3.41. The van der Waals surface area contributed by atoms with Crippen LogP contribution in [0, 0.1) is 0 Å². The Bertz CT molecular complexity index is 589. The van der Waals surface area contributed by atoms with Crippen molar-refractivity contribution >= 4 is 17.4 Å². The van der Waals surface area contributed by atoms with Gasteiger partial charge < -0.3 is 11.1 Å². The minimum atomic E-state index is -0.398. The lowest BCUT2D eigenvalue weighted by atomic mass is 9.95. The summed E-state index contributed by atoms with van der Waals surface area (Å²) in [5, 5.41) is 2.88. The first kappa shape index (κ1) is 11.7. The Morgan fingerprint density at radius 3 is 2.47 bits per heavy atom. The van der Waals surface area contributed by atoms with E-state index in [4.69, 9.17) is 5.73 Å². The number of amides is 1. The smallest absolute Gasteiger partial charge is 0.236 e. The summed E-state index contributed by atoms with van der Waals surface area (Å²) in [7, 11) is 0. The number of nitrogens with one attached hydrogen (secondary N) is 1. The van der Waals surface area contributed by atoms with Crippen molar-refractivity contribution < 1.29 is 4.79 Å². The molecule has 0 aliphatic heterocycles. The quantitative estimate of drug-likeness (QED) is 0.825. The molecule has 3 rings (SSSR count). The van der Waals surface area contributed by atoms with Crippen molar-refractivity contribution in [2.45, 2.75) is 18.3 Å². The second-order valence-electron chi connectivity index (χ2n) is 4.87. The number of hydrogen-bond donors (Lipinski definition) is 2. The molecule has 1 heterocycles. The highest BCUT2D eigenvalue weighted by molar-refractivity contribution is 6.00. The third kappa shape index (κ3) is 2.17. The van der Waals surface area contributed by atoms with Crippen LogP contribution in [-0.2, 0) is 10.2 Å². The molecule has 1 aromatic heterocycles. The van der Waals surface area contributed by atoms with E-state index in [1.807, 2.05) is 36.4 Å². The molecule has 2 aromatic rings. The van der Waals surface area contributed by atoms with Crippen LogP contribution in [0.5, 0.6) is 0 Å². The number of pyridine rings is 1. The average molecular weight is 253 g/mol. The van der Waals surface area contributed by atoms with Gasteiger partial charge in [0.1, 0.15) is 5.82 Å². The molecular weight excluding hydrogens is 238 g/mol. The monoisotopic (exact) mass is 253 g/mol. The molecular formula is C15H15N3O. The first-order chi connectivity index (χ1) is 9.21. The number of benzene rings is 1. The third-order valence-electron chi connectivity index (χ3n) is 3.55. The molecule has 0 bridgehead atoms. The van der Waals surface area contributed by atoms with Gasteiger partial charge in [0.2, 0.25) is 5.91 Å². The van der Waals surface area contributed by atoms with Crippen molar-refractivity contribution in [1.82, 2.24) is 4.98 Å². The predicted molar refractivity (Wildman–Crippen MR) is 74.6 cm³/mol. The molecule has 4 heteroatoms. The minimum absolute atomic E-state index is 0.0102. The van der Waals surface area contributed by atoms with Crippen molar-refractivity contribution in [3.63, 3.8) is 0 Å². The van der Waals surface area contributed by atoms with E-state index in [9.17, 15) is 4.79 Å². The van der Waals surface area contributed by atoms with Gasteiger partial charge in [-0.3, -0.25) is 4.79 Å². The summed E-state index contributed by atoms with van der Waals surface area (Å²) in [5.41, 5.74) is 7.02. The van der Waals surface area contributed by atoms with Crippen LogP contribution in [0.25, 0.3) is 0 Å². The number of nitrogen functional groups attached to an aromatic ring is 1. The van der Waals surface area contributed by atoms with Gasteiger partial charge in [-0.1, -0.05) is 18.2 Å². The second-order valence-corrected chi connectivity index (χ2v) is 4.87. The molecule has 0 spiro atoms. The van der Waals surface area contributed by atoms with Crippen LogP contribution in [0.1, 0.15) is 18.4 Å². The van der Waals surface area contributed by atoms with E-state index in [1.165, 1.54) is 0 Å². The van der Waals surface area contributed by atoms with Crippen LogP contribution in [0.4, 0.5) is 11.5 Å². The summed E-state index contributed by atoms with van der Waals surface area (Å²) < 4.78 is 0. The molecule has 96 valence electrons. The molecule has 1 aliphatic rings. The summed E-state index contributed by atoms with van der Waals surface area (Å²) in [6, 6.07) is 13.0. The Kier molecular flexibility index (Phi) is 2.71. The van der Waals surface area contributed by atoms with Crippen LogP contribution in [0.2, 0.25) is 0 Å². The zero-order valence-corrected chi connectivity index (χ0v) is 10.5. The summed E-state index contributed by atoms with van der Waals surface area (Å²) in [6.45, 7) is 0. The van der Waals surface area contributed by atoms with Gasteiger partial charge in [-0.25, -0.2) is 4.98 Å². The van der Waals surface area contributed by atoms with E-state index < -0.39 is 5.41 Å². The molecule has 1 saturated carbocycles. The van der Waals surface area contributed by atoms with Crippen molar-refractivity contribution in [2.75, 3.05) is 11.1 Å². The van der Waals surface area contributed by atoms with E-state index >= 15 is 0 Å². The fourth-order valence-corrected chi connectivity index (χ4v) is 2.25. The fourth-order valence-electron chi connectivity index (χ4n) is 2.25. The van der Waals surface area contributed by atoms with Crippen molar-refractivity contribution in [2.24, 2.45) is 0 Å². The minimum Gasteiger partial charge on any atom is -0.399 e. The first-order valence-electron chi connectivity index (χ1n) is 6.29. The fraction of sp³-hybridized carbons (Fsp3) is 0.200. The third-order valence-corrected chi connectivity index (χ3v) is 3.55. The van der Waals surface area contributed by atoms with Crippen molar-refractivity contribution in [3.8, 4) is 0 Å². The number of anilines is 2. The highest BCUT2D eigenvalue weighted by Crippen LogP contribution is 2.49. The Morgan fingerprint density at radius 1 is 1.16 bits per heavy atom. The van der Waals surface area contributed by atoms with Crippen LogP contribution in [0.15, 0.2) is 48.7 Å². The lowest BCUT2D eigenvalue weighted by molar-refractivity contribution is -0.118. The summed E-state index contributed by atoms with van der Waals surface area (Å²) in [4.78, 5) is 16.5. The Morgan fingerprint density at radius 2 is 1.89 bits per heavy atom. The number of carbonyl (C=O) groups is 1. The van der Waals surface area contributed by atoms with Crippen LogP contribution >= 0.6 is 0 Å². The maximum Gasteiger partial charge on any atom is 0.236 e. The number of nitrogens with two attached hydrogens (primary N) is 1. The molecule has 1 fully saturated rings. The van der Waals surface area contributed by atoms with Crippen LogP contribution < -0.4 is 11.1 Å². The van der Waals surface area contributed by atoms with E-state index in [1.54, 1.807) is 12.3 Å². The highest BCUT2D eigenvalue weighted by atomic mass is 16.2. The van der Waals surface area contributed by atoms with Gasteiger partial charge >= 0.3 is 0 Å². The molecule has 1 aromatic carbocycles. The van der Waals surface area contributed by atoms with Crippen molar-refractivity contribution in [1.29, 1.82) is 0 Å². The van der Waals surface area contributed by atoms with Gasteiger partial charge in [-0.2, -0.15) is 0 Å². The number of aromatic nitrogens is 1. The van der Waals surface area contributed by atoms with Gasteiger partial charge in [-0.15, -0.1) is 0 Å². The van der Waals surface area contributed by atoms with Gasteiger partial charge in [0.25, 0.3) is 0 Å². The molecule has 0 saturated heterocycles. The Hall–Kier alpha value is -2.36. The van der Waals surface area contributed by atoms with E-state index in [0.717, 1.165) is 18.4 Å². The second kappa shape index (κ2) is 4.39. The zero-order valence-electron chi connectivity index (χ0n) is 10.5. The van der Waals surface area contributed by atoms with E-state index in [-0.39, 0.29) is 5.91 Å². The Balaban J connectivity index is 1.81. The molecule has 3 N–H and O–H groups in total. The van der Waals surface area contributed by atoms with Crippen molar-refractivity contribution in [3.05, 3.63) is 54.2 Å². The van der Waals surface area contributed by atoms with Gasteiger partial charge in [0, 0.05) is 11.9 Å². The normalized spacial score (nSPS) is 15.8. The number of hydrogen-bond acceptors (Lipinski definition) is 3. The highest BCUT2D eigenvalue weighted by Gasteiger charge is 2.51. The number of nitrogens with zero attached hydrogens (tertiary/aromatic N) is 1. The lowest BCUT2D eigenvalue weighted by Gasteiger charge is -2.15. The molecule has 0 atom stereocenters. The predicted octanol–water partition coefficient (Wildman–Crippen LogP) is 2.33. The van der Waals surface area contributed by atoms with E-state index in [2.05, 4.69) is 10.3 Å². The summed E-state index contributed by atoms with van der Waals surface area (Å²) in [5.74, 6) is 0.602. The largest absolute Gasteiger partial charge is 0.399 e. The van der Waals surface area contributed by atoms with E-state index in [0.29, 0.717) is 11.5 Å².